The van der Waals surface area contributed by atoms with Gasteiger partial charge in [0.15, 0.2) is 0 Å². The summed E-state index contributed by atoms with van der Waals surface area (Å²) in [7, 11) is 1.82. The average Bonchev–Trinajstić information content (AvgIpc) is 2.63. The molecule has 1 saturated heterocycles. The van der Waals surface area contributed by atoms with Gasteiger partial charge in [-0.2, -0.15) is 0 Å². The highest BCUT2D eigenvalue weighted by molar-refractivity contribution is 5.85. The molecule has 3 rings (SSSR count). The van der Waals surface area contributed by atoms with Crippen LogP contribution in [0.2, 0.25) is 0 Å². The number of hydrogen-bond acceptors (Lipinski definition) is 3. The first-order chi connectivity index (χ1) is 11.7. The number of piperazine rings is 1. The topological polar surface area (TPSA) is 24.5 Å². The van der Waals surface area contributed by atoms with Crippen LogP contribution in [0.1, 0.15) is 69.0 Å². The van der Waals surface area contributed by atoms with Crippen LogP contribution in [-0.4, -0.2) is 38.2 Å². The molecule has 5 heteroatoms. The molecule has 1 heterocycles. The number of halogens is 2. The fourth-order valence-corrected chi connectivity index (χ4v) is 4.50. The number of nitrogens with one attached hydrogen (secondary N) is 1. The van der Waals surface area contributed by atoms with E-state index in [0.29, 0.717) is 12.0 Å². The van der Waals surface area contributed by atoms with Crippen LogP contribution in [-0.2, 0) is 0 Å². The molecule has 1 N–H and O–H groups in total. The minimum absolute atomic E-state index is 0. The number of rotatable bonds is 5. The van der Waals surface area contributed by atoms with Gasteiger partial charge in [0.05, 0.1) is 7.11 Å². The molecule has 0 amide bonds. The van der Waals surface area contributed by atoms with E-state index >= 15 is 0 Å². The van der Waals surface area contributed by atoms with Crippen LogP contribution in [0.3, 0.4) is 0 Å². The molecule has 1 aromatic carbocycles. The molecule has 1 aliphatic heterocycles. The van der Waals surface area contributed by atoms with Crippen molar-refractivity contribution in [1.82, 2.24) is 10.2 Å². The number of hydrogen-bond donors (Lipinski definition) is 1. The lowest BCUT2D eigenvalue weighted by atomic mass is 9.79. The summed E-state index contributed by atoms with van der Waals surface area (Å²) in [6, 6.07) is 7.39. The molecule has 3 nitrogen and oxygen atoms in total. The van der Waals surface area contributed by atoms with E-state index in [1.54, 1.807) is 0 Å². The van der Waals surface area contributed by atoms with Gasteiger partial charge in [-0.3, -0.25) is 4.90 Å². The zero-order valence-corrected chi connectivity index (χ0v) is 18.1. The molecular formula is C21H36Cl2N2O. The quantitative estimate of drug-likeness (QED) is 0.732. The third-order valence-electron chi connectivity index (χ3n) is 5.88. The summed E-state index contributed by atoms with van der Waals surface area (Å²) in [5, 5.41) is 3.51. The fraction of sp³-hybridized carbons (Fsp3) is 0.714. The second-order valence-electron chi connectivity index (χ2n) is 7.78. The number of nitrogens with zero attached hydrogens (tertiary/aromatic N) is 1. The lowest BCUT2D eigenvalue weighted by molar-refractivity contribution is 0.101. The van der Waals surface area contributed by atoms with Crippen LogP contribution in [0.15, 0.2) is 18.2 Å². The third kappa shape index (κ3) is 5.51. The van der Waals surface area contributed by atoms with Gasteiger partial charge in [-0.15, -0.1) is 24.8 Å². The predicted octanol–water partition coefficient (Wildman–Crippen LogP) is 5.19. The van der Waals surface area contributed by atoms with Crippen molar-refractivity contribution in [2.75, 3.05) is 33.3 Å². The second-order valence-corrected chi connectivity index (χ2v) is 7.78. The van der Waals surface area contributed by atoms with E-state index in [1.165, 1.54) is 43.2 Å². The van der Waals surface area contributed by atoms with Crippen LogP contribution < -0.4 is 10.1 Å². The van der Waals surface area contributed by atoms with E-state index in [9.17, 15) is 0 Å². The van der Waals surface area contributed by atoms with Crippen molar-refractivity contribution in [1.29, 1.82) is 0 Å². The third-order valence-corrected chi connectivity index (χ3v) is 5.88. The first-order valence-electron chi connectivity index (χ1n) is 9.83. The maximum atomic E-state index is 5.80. The highest BCUT2D eigenvalue weighted by Gasteiger charge is 2.33. The number of methoxy groups -OCH3 is 1. The van der Waals surface area contributed by atoms with Crippen molar-refractivity contribution in [2.24, 2.45) is 5.92 Å². The predicted molar refractivity (Wildman–Crippen MR) is 115 cm³/mol. The largest absolute Gasteiger partial charge is 0.496 e. The number of benzene rings is 1. The molecule has 1 aliphatic carbocycles. The van der Waals surface area contributed by atoms with E-state index in [0.717, 1.165) is 37.8 Å². The first-order valence-corrected chi connectivity index (χ1v) is 9.83. The molecule has 0 bridgehead atoms. The van der Waals surface area contributed by atoms with Gasteiger partial charge in [0.2, 0.25) is 0 Å². The van der Waals surface area contributed by atoms with Crippen molar-refractivity contribution in [3.8, 4) is 5.75 Å². The van der Waals surface area contributed by atoms with E-state index in [2.05, 4.69) is 42.3 Å². The van der Waals surface area contributed by atoms with Crippen LogP contribution in [0.5, 0.6) is 5.75 Å². The minimum Gasteiger partial charge on any atom is -0.496 e. The van der Waals surface area contributed by atoms with E-state index in [-0.39, 0.29) is 24.8 Å². The van der Waals surface area contributed by atoms with Crippen LogP contribution in [0.4, 0.5) is 0 Å². The average molecular weight is 403 g/mol. The van der Waals surface area contributed by atoms with Crippen LogP contribution >= 0.6 is 24.8 Å². The summed E-state index contributed by atoms with van der Waals surface area (Å²) in [5.41, 5.74) is 2.86. The minimum atomic E-state index is 0. The Morgan fingerprint density at radius 2 is 1.69 bits per heavy atom. The van der Waals surface area contributed by atoms with Gasteiger partial charge in [-0.1, -0.05) is 45.2 Å². The molecule has 26 heavy (non-hydrogen) atoms. The fourth-order valence-electron chi connectivity index (χ4n) is 4.50. The van der Waals surface area contributed by atoms with Gasteiger partial charge in [0, 0.05) is 37.8 Å². The van der Waals surface area contributed by atoms with Crippen molar-refractivity contribution in [3.05, 3.63) is 29.3 Å². The Morgan fingerprint density at radius 1 is 1.04 bits per heavy atom. The Bertz CT molecular complexity index is 509. The molecule has 0 radical (unpaired) electrons. The maximum absolute atomic E-state index is 5.80. The van der Waals surface area contributed by atoms with E-state index in [1.807, 2.05) is 7.11 Å². The first kappa shape index (κ1) is 23.6. The smallest absolute Gasteiger partial charge is 0.123 e. The van der Waals surface area contributed by atoms with Gasteiger partial charge in [0.1, 0.15) is 5.75 Å². The summed E-state index contributed by atoms with van der Waals surface area (Å²) in [5.74, 6) is 2.41. The second kappa shape index (κ2) is 11.4. The summed E-state index contributed by atoms with van der Waals surface area (Å²) in [6.07, 6.45) is 6.92. The molecule has 0 unspecified atom stereocenters. The molecule has 1 atom stereocenters. The van der Waals surface area contributed by atoms with E-state index < -0.39 is 0 Å². The Kier molecular flexibility index (Phi) is 10.3. The normalized spacial score (nSPS) is 20.2. The van der Waals surface area contributed by atoms with E-state index in [4.69, 9.17) is 4.74 Å². The molecule has 0 aromatic heterocycles. The maximum Gasteiger partial charge on any atom is 0.123 e. The molecule has 2 aliphatic rings. The van der Waals surface area contributed by atoms with Gasteiger partial charge in [-0.25, -0.2) is 0 Å². The lowest BCUT2D eigenvalue weighted by Crippen LogP contribution is -2.47. The highest BCUT2D eigenvalue weighted by atomic mass is 35.5. The van der Waals surface area contributed by atoms with Crippen LogP contribution in [0, 0.1) is 5.92 Å². The monoisotopic (exact) mass is 402 g/mol. The molecular weight excluding hydrogens is 367 g/mol. The molecule has 1 saturated carbocycles. The summed E-state index contributed by atoms with van der Waals surface area (Å²) < 4.78 is 5.80. The van der Waals surface area contributed by atoms with Crippen molar-refractivity contribution in [3.63, 3.8) is 0 Å². The Hall–Kier alpha value is -0.480. The molecule has 2 fully saturated rings. The van der Waals surface area contributed by atoms with Crippen molar-refractivity contribution < 1.29 is 4.74 Å². The van der Waals surface area contributed by atoms with Gasteiger partial charge < -0.3 is 10.1 Å². The van der Waals surface area contributed by atoms with Gasteiger partial charge in [0.25, 0.3) is 0 Å². The highest BCUT2D eigenvalue weighted by Crippen LogP contribution is 2.42. The van der Waals surface area contributed by atoms with Crippen molar-refractivity contribution >= 4 is 24.8 Å². The summed E-state index contributed by atoms with van der Waals surface area (Å²) in [4.78, 5) is 2.72. The molecule has 0 spiro atoms. The number of ether oxygens (including phenoxy) is 1. The molecule has 1 aromatic rings. The zero-order valence-electron chi connectivity index (χ0n) is 16.5. The summed E-state index contributed by atoms with van der Waals surface area (Å²) in [6.45, 7) is 9.08. The molecule has 150 valence electrons. The Morgan fingerprint density at radius 3 is 2.27 bits per heavy atom. The lowest BCUT2D eigenvalue weighted by Gasteiger charge is -2.41. The Balaban J connectivity index is 0.00000169. The zero-order chi connectivity index (χ0) is 16.9. The standard InChI is InChI=1S/C21H34N2O.2ClH/c1-16(2)18-9-10-20(24-3)19(15-18)21(17-7-5-4-6-8-17)23-13-11-22-12-14-23;;/h9-10,15-17,21-22H,4-8,11-14H2,1-3H3;2*1H/t21-;;/m0../s1. The van der Waals surface area contributed by atoms with Gasteiger partial charge in [-0.05, 0) is 36.3 Å². The van der Waals surface area contributed by atoms with Gasteiger partial charge >= 0.3 is 0 Å². The Labute approximate surface area is 172 Å². The van der Waals surface area contributed by atoms with Crippen molar-refractivity contribution in [2.45, 2.75) is 57.9 Å². The van der Waals surface area contributed by atoms with Crippen LogP contribution in [0.25, 0.3) is 0 Å². The summed E-state index contributed by atoms with van der Waals surface area (Å²) >= 11 is 0. The SMILES string of the molecule is COc1ccc(C(C)C)cc1[C@H](C1CCCCC1)N1CCNCC1.Cl.Cl.